The first kappa shape index (κ1) is 25.6. The molecule has 0 heterocycles. The van der Waals surface area contributed by atoms with Gasteiger partial charge in [-0.25, -0.2) is 8.42 Å². The highest BCUT2D eigenvalue weighted by atomic mass is 32.2. The number of hydrogen-bond donors (Lipinski definition) is 2. The van der Waals surface area contributed by atoms with E-state index in [1.54, 1.807) is 0 Å². The number of sulfone groups is 1. The molecule has 2 aromatic rings. The van der Waals surface area contributed by atoms with Crippen molar-refractivity contribution in [3.05, 3.63) is 77.4 Å². The zero-order valence-corrected chi connectivity index (χ0v) is 21.2. The zero-order chi connectivity index (χ0) is 26.2. The molecule has 1 saturated carbocycles. The minimum Gasteiger partial charge on any atom is -0.366 e. The number of Topliss-reactive ketones (excluding diaryl/α,β-unsaturated/α-hetero) is 1. The molecule has 2 aromatic carbocycles. The number of primary amides is 1. The van der Waals surface area contributed by atoms with Crippen LogP contribution in [-0.2, 0) is 19.4 Å². The molecule has 0 saturated heterocycles. The van der Waals surface area contributed by atoms with Gasteiger partial charge in [0.1, 0.15) is 0 Å². The lowest BCUT2D eigenvalue weighted by molar-refractivity contribution is -0.115. The SMILES string of the molecule is C=C(C(=O)Nc1ccc(S(=O)(=O)c2ccc(C(N)=O)cc2)cc1)[C@H]1CCC(C)C2CC(=O)C(C)=C2C1. The summed E-state index contributed by atoms with van der Waals surface area (Å²) in [7, 11) is -3.80. The number of ketones is 1. The molecule has 2 aliphatic carbocycles. The molecule has 2 unspecified atom stereocenters. The van der Waals surface area contributed by atoms with Gasteiger partial charge in [0.05, 0.1) is 9.79 Å². The predicted octanol–water partition coefficient (Wildman–Crippen LogP) is 4.45. The summed E-state index contributed by atoms with van der Waals surface area (Å²) in [6.45, 7) is 8.12. The van der Waals surface area contributed by atoms with E-state index in [1.807, 2.05) is 6.92 Å². The van der Waals surface area contributed by atoms with Crippen molar-refractivity contribution in [3.8, 4) is 0 Å². The van der Waals surface area contributed by atoms with Gasteiger partial charge in [-0.2, -0.15) is 0 Å². The fourth-order valence-corrected chi connectivity index (χ4v) is 6.42. The van der Waals surface area contributed by atoms with Crippen molar-refractivity contribution >= 4 is 33.1 Å². The largest absolute Gasteiger partial charge is 0.366 e. The number of nitrogens with one attached hydrogen (secondary N) is 1. The summed E-state index contributed by atoms with van der Waals surface area (Å²) < 4.78 is 25.8. The zero-order valence-electron chi connectivity index (χ0n) is 20.4. The summed E-state index contributed by atoms with van der Waals surface area (Å²) in [5, 5.41) is 2.82. The third-order valence-electron chi connectivity index (χ3n) is 7.53. The van der Waals surface area contributed by atoms with E-state index in [1.165, 1.54) is 54.1 Å². The van der Waals surface area contributed by atoms with Crippen LogP contribution in [0.2, 0.25) is 0 Å². The van der Waals surface area contributed by atoms with Gasteiger partial charge < -0.3 is 11.1 Å². The van der Waals surface area contributed by atoms with Crippen LogP contribution in [0.1, 0.15) is 49.9 Å². The van der Waals surface area contributed by atoms with Crippen molar-refractivity contribution in [2.45, 2.75) is 49.3 Å². The summed E-state index contributed by atoms with van der Waals surface area (Å²) in [6, 6.07) is 11.3. The van der Waals surface area contributed by atoms with Crippen LogP contribution in [0.15, 0.2) is 81.6 Å². The van der Waals surface area contributed by atoms with E-state index < -0.39 is 15.7 Å². The molecule has 0 aliphatic heterocycles. The number of allylic oxidation sites excluding steroid dienone is 2. The lowest BCUT2D eigenvalue weighted by Gasteiger charge is -2.19. The highest BCUT2D eigenvalue weighted by Gasteiger charge is 2.38. The molecule has 3 N–H and O–H groups in total. The number of rotatable bonds is 6. The van der Waals surface area contributed by atoms with Crippen LogP contribution in [0.3, 0.4) is 0 Å². The van der Waals surface area contributed by atoms with E-state index in [2.05, 4.69) is 18.8 Å². The molecule has 7 nitrogen and oxygen atoms in total. The molecule has 2 amide bonds. The maximum atomic E-state index is 13.0. The van der Waals surface area contributed by atoms with Crippen molar-refractivity contribution < 1.29 is 22.8 Å². The van der Waals surface area contributed by atoms with Gasteiger partial charge in [0.2, 0.25) is 15.7 Å². The van der Waals surface area contributed by atoms with Gasteiger partial charge in [-0.05, 0) is 98.0 Å². The highest BCUT2D eigenvalue weighted by Crippen LogP contribution is 2.45. The Balaban J connectivity index is 1.45. The highest BCUT2D eigenvalue weighted by molar-refractivity contribution is 7.91. The molecule has 0 bridgehead atoms. The normalized spacial score (nSPS) is 22.1. The maximum absolute atomic E-state index is 13.0. The molecule has 2 aliphatic rings. The second kappa shape index (κ2) is 9.85. The first-order valence-electron chi connectivity index (χ1n) is 12.0. The molecule has 0 aromatic heterocycles. The van der Waals surface area contributed by atoms with Crippen LogP contribution in [-0.4, -0.2) is 26.0 Å². The summed E-state index contributed by atoms with van der Waals surface area (Å²) in [4.78, 5) is 36.6. The fourth-order valence-electron chi connectivity index (χ4n) is 5.16. The average Bonchev–Trinajstić information content (AvgIpc) is 3.03. The standard InChI is InChI=1S/C28H30N2O5S/c1-16-4-5-20(14-25-18(3)26(31)15-24(16)25)17(2)28(33)30-21-8-12-23(13-9-21)36(34,35)22-10-6-19(7-11-22)27(29)32/h6-13,16,20,24H,2,4-5,14-15H2,1,3H3,(H2,29,32)(H,30,33)/t16?,20-,24?/m0/s1. The average molecular weight is 507 g/mol. The third kappa shape index (κ3) is 4.91. The van der Waals surface area contributed by atoms with Crippen molar-refractivity contribution in [1.29, 1.82) is 0 Å². The van der Waals surface area contributed by atoms with Gasteiger partial charge in [-0.1, -0.05) is 19.1 Å². The van der Waals surface area contributed by atoms with E-state index >= 15 is 0 Å². The van der Waals surface area contributed by atoms with Gasteiger partial charge >= 0.3 is 0 Å². The Labute approximate surface area is 211 Å². The van der Waals surface area contributed by atoms with Gasteiger partial charge in [-0.3, -0.25) is 14.4 Å². The molecule has 4 rings (SSSR count). The number of carbonyl (C=O) groups is 3. The van der Waals surface area contributed by atoms with E-state index in [0.29, 0.717) is 30.0 Å². The minimum atomic E-state index is -3.80. The van der Waals surface area contributed by atoms with E-state index in [9.17, 15) is 22.8 Å². The topological polar surface area (TPSA) is 123 Å². The second-order valence-electron chi connectivity index (χ2n) is 9.74. The number of fused-ring (bicyclic) bond motifs is 1. The fraction of sp³-hybridized carbons (Fsp3) is 0.321. The number of benzene rings is 2. The van der Waals surface area contributed by atoms with Gasteiger partial charge in [0.25, 0.3) is 5.91 Å². The number of nitrogens with two attached hydrogens (primary N) is 1. The maximum Gasteiger partial charge on any atom is 0.251 e. The first-order valence-corrected chi connectivity index (χ1v) is 13.5. The smallest absolute Gasteiger partial charge is 0.251 e. The van der Waals surface area contributed by atoms with Crippen molar-refractivity contribution in [3.63, 3.8) is 0 Å². The van der Waals surface area contributed by atoms with Crippen LogP contribution in [0, 0.1) is 17.8 Å². The number of anilines is 1. The Kier molecular flexibility index (Phi) is 7.00. The first-order chi connectivity index (χ1) is 17.0. The van der Waals surface area contributed by atoms with Crippen molar-refractivity contribution in [1.82, 2.24) is 0 Å². The Morgan fingerprint density at radius 2 is 1.56 bits per heavy atom. The predicted molar refractivity (Wildman–Crippen MR) is 137 cm³/mol. The van der Waals surface area contributed by atoms with Crippen molar-refractivity contribution in [2.75, 3.05) is 5.32 Å². The Morgan fingerprint density at radius 1 is 0.972 bits per heavy atom. The van der Waals surface area contributed by atoms with Crippen molar-refractivity contribution in [2.24, 2.45) is 23.5 Å². The number of carbonyl (C=O) groups excluding carboxylic acids is 3. The molecular formula is C28H30N2O5S. The van der Waals surface area contributed by atoms with E-state index in [-0.39, 0.29) is 38.9 Å². The lowest BCUT2D eigenvalue weighted by Crippen LogP contribution is -2.20. The van der Waals surface area contributed by atoms with Gasteiger partial charge in [0.15, 0.2) is 5.78 Å². The summed E-state index contributed by atoms with van der Waals surface area (Å²) >= 11 is 0. The Bertz CT molecular complexity index is 1370. The molecule has 36 heavy (non-hydrogen) atoms. The third-order valence-corrected chi connectivity index (χ3v) is 9.32. The molecule has 1 fully saturated rings. The van der Waals surface area contributed by atoms with Gasteiger partial charge in [0, 0.05) is 23.2 Å². The van der Waals surface area contributed by atoms with Crippen LogP contribution in [0.25, 0.3) is 0 Å². The lowest BCUT2D eigenvalue weighted by atomic mass is 9.86. The van der Waals surface area contributed by atoms with E-state index in [0.717, 1.165) is 18.4 Å². The monoisotopic (exact) mass is 506 g/mol. The molecular weight excluding hydrogens is 476 g/mol. The summed E-state index contributed by atoms with van der Waals surface area (Å²) in [6.07, 6.45) is 3.00. The minimum absolute atomic E-state index is 0.0357. The molecule has 188 valence electrons. The van der Waals surface area contributed by atoms with Crippen LogP contribution in [0.5, 0.6) is 0 Å². The van der Waals surface area contributed by atoms with Crippen LogP contribution in [0.4, 0.5) is 5.69 Å². The molecule has 8 heteroatoms. The quantitative estimate of drug-likeness (QED) is 0.560. The summed E-state index contributed by atoms with van der Waals surface area (Å²) in [5.74, 6) is -0.134. The summed E-state index contributed by atoms with van der Waals surface area (Å²) in [5.41, 5.74) is 8.36. The number of hydrogen-bond acceptors (Lipinski definition) is 5. The van der Waals surface area contributed by atoms with Gasteiger partial charge in [-0.15, -0.1) is 0 Å². The van der Waals surface area contributed by atoms with Crippen LogP contribution < -0.4 is 11.1 Å². The molecule has 0 radical (unpaired) electrons. The number of amides is 2. The van der Waals surface area contributed by atoms with Crippen LogP contribution >= 0.6 is 0 Å². The second-order valence-corrected chi connectivity index (χ2v) is 11.7. The molecule has 0 spiro atoms. The Hall–Kier alpha value is -3.52. The van der Waals surface area contributed by atoms with E-state index in [4.69, 9.17) is 5.73 Å². The Morgan fingerprint density at radius 3 is 2.14 bits per heavy atom. The molecule has 3 atom stereocenters.